The zero-order chi connectivity index (χ0) is 32.3. The SMILES string of the molecule is CC1(C)CC[C@]2(C[C@@H](O)[C@@H]3OC(CO)[C@@H](O)[C@H](O)C3O)CC[C@]3(C)C(=CCC4[C@@]5(C)CCC(=O)C(C)(C)C5CC[C@]43C)C2C1. The van der Waals surface area contributed by atoms with Gasteiger partial charge in [0.15, 0.2) is 0 Å². The summed E-state index contributed by atoms with van der Waals surface area (Å²) in [6.07, 6.45) is 5.71. The van der Waals surface area contributed by atoms with Gasteiger partial charge >= 0.3 is 0 Å². The van der Waals surface area contributed by atoms with Crippen molar-refractivity contribution < 1.29 is 35.1 Å². The van der Waals surface area contributed by atoms with E-state index in [0.717, 1.165) is 57.8 Å². The summed E-state index contributed by atoms with van der Waals surface area (Å²) in [5.41, 5.74) is 1.63. The minimum Gasteiger partial charge on any atom is -0.394 e. The molecule has 5 unspecified atom stereocenters. The van der Waals surface area contributed by atoms with Crippen LogP contribution in [0.4, 0.5) is 0 Å². The van der Waals surface area contributed by atoms with Crippen molar-refractivity contribution in [2.75, 3.05) is 6.61 Å². The maximum absolute atomic E-state index is 13.1. The number of ether oxygens (including phenoxy) is 1. The number of allylic oxidation sites excluding steroid dienone is 2. The van der Waals surface area contributed by atoms with Crippen molar-refractivity contribution in [3.63, 3.8) is 0 Å². The molecule has 0 aromatic heterocycles. The van der Waals surface area contributed by atoms with Crippen LogP contribution in [-0.2, 0) is 9.53 Å². The summed E-state index contributed by atoms with van der Waals surface area (Å²) >= 11 is 0. The first kappa shape index (κ1) is 33.1. The van der Waals surface area contributed by atoms with Gasteiger partial charge in [0.25, 0.3) is 0 Å². The van der Waals surface area contributed by atoms with Crippen molar-refractivity contribution in [2.45, 2.75) is 156 Å². The minimum atomic E-state index is -1.48. The zero-order valence-electron chi connectivity index (χ0n) is 28.3. The molecule has 0 amide bonds. The molecular formula is C37H60O7. The molecule has 4 saturated carbocycles. The number of hydrogen-bond donors (Lipinski definition) is 5. The topological polar surface area (TPSA) is 127 Å². The normalized spacial score (nSPS) is 52.1. The summed E-state index contributed by atoms with van der Waals surface area (Å²) in [5.74, 6) is 1.68. The Hall–Kier alpha value is -0.830. The van der Waals surface area contributed by atoms with Crippen molar-refractivity contribution in [3.8, 4) is 0 Å². The van der Waals surface area contributed by atoms with Crippen LogP contribution in [0.25, 0.3) is 0 Å². The van der Waals surface area contributed by atoms with Crippen LogP contribution >= 0.6 is 0 Å². The predicted octanol–water partition coefficient (Wildman–Crippen LogP) is 4.95. The molecule has 0 spiro atoms. The van der Waals surface area contributed by atoms with E-state index in [0.29, 0.717) is 36.4 Å². The van der Waals surface area contributed by atoms with Crippen LogP contribution in [0.5, 0.6) is 0 Å². The van der Waals surface area contributed by atoms with Crippen LogP contribution in [0.15, 0.2) is 11.6 Å². The summed E-state index contributed by atoms with van der Waals surface area (Å²) in [6.45, 7) is 16.3. The third-order valence-electron chi connectivity index (χ3n) is 15.5. The maximum atomic E-state index is 13.1. The fraction of sp³-hybridized carbons (Fsp3) is 0.919. The number of carbonyl (C=O) groups is 1. The van der Waals surface area contributed by atoms with Crippen molar-refractivity contribution in [3.05, 3.63) is 11.6 Å². The molecular weight excluding hydrogens is 556 g/mol. The largest absolute Gasteiger partial charge is 0.394 e. The predicted molar refractivity (Wildman–Crippen MR) is 168 cm³/mol. The van der Waals surface area contributed by atoms with Gasteiger partial charge in [-0.2, -0.15) is 0 Å². The van der Waals surface area contributed by atoms with Crippen LogP contribution in [0.3, 0.4) is 0 Å². The Morgan fingerprint density at radius 1 is 0.886 bits per heavy atom. The molecule has 1 aliphatic heterocycles. The molecule has 44 heavy (non-hydrogen) atoms. The molecule has 0 aromatic carbocycles. The standard InChI is InChI=1S/C37H60O7/c1-32(2)14-16-37(19-23(39)31-30(43)29(42)28(41)24(20-38)44-31)17-15-35(6)21(22(37)18-32)8-9-26-34(5)12-11-27(40)33(3,4)25(34)10-13-36(26,35)7/h8,22-26,28-31,38-39,41-43H,9-20H2,1-7H3/t22?,23-,24?,25?,26?,28-,29+,30?,31+,34+,35-,36-,37-/m1/s1. The second kappa shape index (κ2) is 10.6. The highest BCUT2D eigenvalue weighted by Crippen LogP contribution is 2.76. The van der Waals surface area contributed by atoms with Crippen LogP contribution in [0, 0.1) is 50.2 Å². The Balaban J connectivity index is 1.34. The number of fused-ring (bicyclic) bond motifs is 7. The summed E-state index contributed by atoms with van der Waals surface area (Å²) in [5, 5.41) is 53.1. The van der Waals surface area contributed by atoms with E-state index in [1.54, 1.807) is 5.57 Å². The number of aliphatic hydroxyl groups excluding tert-OH is 5. The van der Waals surface area contributed by atoms with E-state index in [1.165, 1.54) is 0 Å². The van der Waals surface area contributed by atoms with Crippen LogP contribution in [0.1, 0.15) is 119 Å². The third kappa shape index (κ3) is 4.52. The van der Waals surface area contributed by atoms with Crippen LogP contribution in [0.2, 0.25) is 0 Å². The van der Waals surface area contributed by atoms with Gasteiger partial charge in [-0.05, 0) is 109 Å². The number of aliphatic hydroxyl groups is 5. The van der Waals surface area contributed by atoms with E-state index in [1.807, 2.05) is 0 Å². The Kier molecular flexibility index (Phi) is 7.96. The molecule has 5 aliphatic carbocycles. The second-order valence-corrected chi connectivity index (χ2v) is 18.3. The van der Waals surface area contributed by atoms with Gasteiger partial charge in [0, 0.05) is 11.8 Å². The first-order valence-electron chi connectivity index (χ1n) is 17.6. The van der Waals surface area contributed by atoms with Crippen molar-refractivity contribution in [2.24, 2.45) is 50.2 Å². The fourth-order valence-corrected chi connectivity index (χ4v) is 12.5. The lowest BCUT2D eigenvalue weighted by Gasteiger charge is -2.71. The molecule has 7 heteroatoms. The molecule has 5 fully saturated rings. The minimum absolute atomic E-state index is 0.0329. The lowest BCUT2D eigenvalue weighted by molar-refractivity contribution is -0.253. The van der Waals surface area contributed by atoms with Crippen molar-refractivity contribution >= 4 is 5.78 Å². The Morgan fingerprint density at radius 3 is 2.25 bits per heavy atom. The summed E-state index contributed by atoms with van der Waals surface area (Å²) < 4.78 is 5.85. The highest BCUT2D eigenvalue weighted by Gasteiger charge is 2.68. The average Bonchev–Trinajstić information content (AvgIpc) is 2.95. The molecule has 13 atom stereocenters. The Labute approximate surface area is 264 Å². The highest BCUT2D eigenvalue weighted by molar-refractivity contribution is 5.85. The molecule has 6 aliphatic rings. The molecule has 7 nitrogen and oxygen atoms in total. The van der Waals surface area contributed by atoms with Gasteiger partial charge in [-0.1, -0.05) is 60.1 Å². The van der Waals surface area contributed by atoms with Crippen molar-refractivity contribution in [1.82, 2.24) is 0 Å². The molecule has 6 rings (SSSR count). The van der Waals surface area contributed by atoms with Crippen molar-refractivity contribution in [1.29, 1.82) is 0 Å². The number of ketones is 1. The molecule has 0 radical (unpaired) electrons. The molecule has 1 heterocycles. The number of rotatable bonds is 4. The maximum Gasteiger partial charge on any atom is 0.138 e. The van der Waals surface area contributed by atoms with E-state index in [4.69, 9.17) is 4.74 Å². The lowest BCUT2D eigenvalue weighted by atomic mass is 9.33. The number of Topliss-reactive ketones (excluding diaryl/α,β-unsaturated/α-hetero) is 1. The van der Waals surface area contributed by atoms with E-state index in [9.17, 15) is 30.3 Å². The Morgan fingerprint density at radius 2 is 1.57 bits per heavy atom. The van der Waals surface area contributed by atoms with Gasteiger partial charge in [-0.25, -0.2) is 0 Å². The fourth-order valence-electron chi connectivity index (χ4n) is 12.5. The molecule has 250 valence electrons. The smallest absolute Gasteiger partial charge is 0.138 e. The molecule has 5 N–H and O–H groups in total. The first-order valence-corrected chi connectivity index (χ1v) is 17.6. The van der Waals surface area contributed by atoms with Crippen LogP contribution < -0.4 is 0 Å². The monoisotopic (exact) mass is 616 g/mol. The van der Waals surface area contributed by atoms with E-state index in [2.05, 4.69) is 54.5 Å². The number of hydrogen-bond acceptors (Lipinski definition) is 7. The highest BCUT2D eigenvalue weighted by atomic mass is 16.6. The average molecular weight is 617 g/mol. The molecule has 1 saturated heterocycles. The number of carbonyl (C=O) groups excluding carboxylic acids is 1. The Bertz CT molecular complexity index is 1180. The third-order valence-corrected chi connectivity index (χ3v) is 15.5. The summed E-state index contributed by atoms with van der Waals surface area (Å²) in [6, 6.07) is 0. The quantitative estimate of drug-likeness (QED) is 0.283. The van der Waals surface area contributed by atoms with Gasteiger partial charge < -0.3 is 30.3 Å². The van der Waals surface area contributed by atoms with E-state index in [-0.39, 0.29) is 32.5 Å². The van der Waals surface area contributed by atoms with Gasteiger partial charge in [-0.15, -0.1) is 0 Å². The van der Waals surface area contributed by atoms with E-state index < -0.39 is 43.2 Å². The van der Waals surface area contributed by atoms with Gasteiger partial charge in [0.1, 0.15) is 36.3 Å². The molecule has 0 bridgehead atoms. The summed E-state index contributed by atoms with van der Waals surface area (Å²) in [7, 11) is 0. The van der Waals surface area contributed by atoms with Gasteiger partial charge in [-0.3, -0.25) is 4.79 Å². The van der Waals surface area contributed by atoms with E-state index >= 15 is 0 Å². The molecule has 0 aromatic rings. The van der Waals surface area contributed by atoms with Gasteiger partial charge in [0.2, 0.25) is 0 Å². The zero-order valence-corrected chi connectivity index (χ0v) is 28.3. The summed E-state index contributed by atoms with van der Waals surface area (Å²) in [4.78, 5) is 13.1. The second-order valence-electron chi connectivity index (χ2n) is 18.3. The lowest BCUT2D eigenvalue weighted by Crippen LogP contribution is -2.65. The van der Waals surface area contributed by atoms with Gasteiger partial charge in [0.05, 0.1) is 12.7 Å². The van der Waals surface area contributed by atoms with Crippen LogP contribution in [-0.4, -0.2) is 74.5 Å². The first-order chi connectivity index (χ1) is 20.4.